The second-order valence-electron chi connectivity index (χ2n) is 8.13. The van der Waals surface area contributed by atoms with Crippen LogP contribution in [0.4, 0.5) is 0 Å². The van der Waals surface area contributed by atoms with E-state index in [2.05, 4.69) is 10.3 Å². The summed E-state index contributed by atoms with van der Waals surface area (Å²) in [4.78, 5) is 31.7. The predicted octanol–water partition coefficient (Wildman–Crippen LogP) is 1.76. The van der Waals surface area contributed by atoms with E-state index in [0.29, 0.717) is 42.4 Å². The fourth-order valence-electron chi connectivity index (χ4n) is 4.20. The average molecular weight is 448 g/mol. The summed E-state index contributed by atoms with van der Waals surface area (Å²) in [6, 6.07) is 10.9. The first kappa shape index (κ1) is 21.0. The third kappa shape index (κ3) is 4.14. The van der Waals surface area contributed by atoms with Crippen LogP contribution in [-0.2, 0) is 11.3 Å². The number of methoxy groups -OCH3 is 1. The Morgan fingerprint density at radius 1 is 1.27 bits per heavy atom. The molecule has 1 atom stereocenters. The summed E-state index contributed by atoms with van der Waals surface area (Å²) in [5, 5.41) is 12.7. The van der Waals surface area contributed by atoms with Crippen LogP contribution in [0.3, 0.4) is 0 Å². The Kier molecular flexibility index (Phi) is 5.47. The number of nitrogens with zero attached hydrogens (tertiary/aromatic N) is 3. The molecule has 3 heterocycles. The van der Waals surface area contributed by atoms with Crippen molar-refractivity contribution in [2.24, 2.45) is 0 Å². The lowest BCUT2D eigenvalue weighted by Crippen LogP contribution is -2.30. The first-order chi connectivity index (χ1) is 16.0. The van der Waals surface area contributed by atoms with Gasteiger partial charge >= 0.3 is 0 Å². The van der Waals surface area contributed by atoms with Gasteiger partial charge in [-0.15, -0.1) is 0 Å². The minimum Gasteiger partial charge on any atom is -0.493 e. The first-order valence-corrected chi connectivity index (χ1v) is 10.7. The molecule has 1 fully saturated rings. The Bertz CT molecular complexity index is 1220. The van der Waals surface area contributed by atoms with Crippen molar-refractivity contribution in [1.29, 1.82) is 0 Å². The van der Waals surface area contributed by atoms with Gasteiger partial charge in [0.2, 0.25) is 0 Å². The lowest BCUT2D eigenvalue weighted by molar-refractivity contribution is -0.123. The smallest absolute Gasteiger partial charge is 0.258 e. The number of nitrogens with one attached hydrogen (secondary N) is 1. The number of imidazole rings is 1. The second-order valence-corrected chi connectivity index (χ2v) is 8.13. The Morgan fingerprint density at radius 2 is 2.15 bits per heavy atom. The highest BCUT2D eigenvalue weighted by atomic mass is 16.5. The van der Waals surface area contributed by atoms with Gasteiger partial charge in [-0.3, -0.25) is 14.2 Å². The quantitative estimate of drug-likeness (QED) is 0.619. The fourth-order valence-corrected chi connectivity index (χ4v) is 4.20. The predicted molar refractivity (Wildman–Crippen MR) is 119 cm³/mol. The maximum absolute atomic E-state index is 13.2. The third-order valence-corrected chi connectivity index (χ3v) is 5.86. The summed E-state index contributed by atoms with van der Waals surface area (Å²) >= 11 is 0. The molecule has 0 saturated carbocycles. The number of fused-ring (bicyclic) bond motifs is 7. The van der Waals surface area contributed by atoms with E-state index < -0.39 is 6.10 Å². The van der Waals surface area contributed by atoms with Crippen molar-refractivity contribution in [2.45, 2.75) is 19.1 Å². The van der Waals surface area contributed by atoms with E-state index in [1.807, 2.05) is 29.0 Å². The summed E-state index contributed by atoms with van der Waals surface area (Å²) in [7, 11) is 1.54. The number of hydrogen-bond donors (Lipinski definition) is 2. The molecule has 9 heteroatoms. The van der Waals surface area contributed by atoms with Crippen molar-refractivity contribution >= 4 is 11.8 Å². The molecule has 2 aliphatic rings. The molecule has 2 amide bonds. The van der Waals surface area contributed by atoms with Crippen LogP contribution in [0.15, 0.2) is 48.8 Å². The molecular formula is C24H24N4O5. The molecule has 5 rings (SSSR count). The van der Waals surface area contributed by atoms with Gasteiger partial charge in [0.15, 0.2) is 18.1 Å². The standard InChI is InChI=1S/C24H24N4O5/c1-32-20-3-2-16-11-21(20)33-14-22(30)26-12-15-8-17(24(31)27-6-4-19(29)13-27)10-18(9-15)28-7-5-25-23(16)28/h2-3,5,7-11,19,29H,4,6,12-14H2,1H3,(H,26,30). The number of benzene rings is 2. The van der Waals surface area contributed by atoms with Crippen molar-refractivity contribution < 1.29 is 24.2 Å². The molecule has 4 bridgehead atoms. The molecule has 0 spiro atoms. The maximum Gasteiger partial charge on any atom is 0.258 e. The minimum atomic E-state index is -0.498. The molecule has 2 N–H and O–H groups in total. The molecule has 0 aliphatic carbocycles. The zero-order valence-electron chi connectivity index (χ0n) is 18.2. The number of ether oxygens (including phenoxy) is 2. The van der Waals surface area contributed by atoms with Gasteiger partial charge in [0, 0.05) is 48.8 Å². The number of aromatic nitrogens is 2. The first-order valence-electron chi connectivity index (χ1n) is 10.7. The average Bonchev–Trinajstić information content (AvgIpc) is 3.49. The van der Waals surface area contributed by atoms with E-state index in [9.17, 15) is 14.7 Å². The van der Waals surface area contributed by atoms with E-state index >= 15 is 0 Å². The van der Waals surface area contributed by atoms with E-state index in [1.165, 1.54) is 0 Å². The van der Waals surface area contributed by atoms with Crippen molar-refractivity contribution in [3.63, 3.8) is 0 Å². The largest absolute Gasteiger partial charge is 0.493 e. The van der Waals surface area contributed by atoms with E-state index in [0.717, 1.165) is 16.8 Å². The highest BCUT2D eigenvalue weighted by molar-refractivity contribution is 5.95. The monoisotopic (exact) mass is 448 g/mol. The Morgan fingerprint density at radius 3 is 2.94 bits per heavy atom. The van der Waals surface area contributed by atoms with Crippen LogP contribution < -0.4 is 14.8 Å². The molecule has 1 unspecified atom stereocenters. The normalized spacial score (nSPS) is 17.7. The number of aliphatic hydroxyl groups excluding tert-OH is 1. The van der Waals surface area contributed by atoms with Gasteiger partial charge < -0.3 is 24.8 Å². The number of aliphatic hydroxyl groups is 1. The van der Waals surface area contributed by atoms with Crippen LogP contribution in [0, 0.1) is 0 Å². The number of hydrogen-bond acceptors (Lipinski definition) is 6. The summed E-state index contributed by atoms with van der Waals surface area (Å²) in [6.07, 6.45) is 3.59. The topological polar surface area (TPSA) is 106 Å². The van der Waals surface area contributed by atoms with Gasteiger partial charge in [0.1, 0.15) is 5.82 Å². The Hall–Kier alpha value is -3.85. The maximum atomic E-state index is 13.2. The van der Waals surface area contributed by atoms with Gasteiger partial charge in [-0.05, 0) is 48.4 Å². The van der Waals surface area contributed by atoms with E-state index in [4.69, 9.17) is 9.47 Å². The highest BCUT2D eigenvalue weighted by Gasteiger charge is 2.26. The van der Waals surface area contributed by atoms with Crippen LogP contribution >= 0.6 is 0 Å². The molecule has 1 saturated heterocycles. The highest BCUT2D eigenvalue weighted by Crippen LogP contribution is 2.33. The second kappa shape index (κ2) is 8.59. The number of carbonyl (C=O) groups excluding carboxylic acids is 2. The molecule has 0 radical (unpaired) electrons. The van der Waals surface area contributed by atoms with Gasteiger partial charge in [0.25, 0.3) is 11.8 Å². The zero-order valence-corrected chi connectivity index (χ0v) is 18.2. The van der Waals surface area contributed by atoms with Gasteiger partial charge in [-0.1, -0.05) is 0 Å². The number of carbonyl (C=O) groups is 2. The van der Waals surface area contributed by atoms with Crippen LogP contribution in [-0.4, -0.2) is 64.3 Å². The van der Waals surface area contributed by atoms with Crippen molar-refractivity contribution in [2.75, 3.05) is 26.8 Å². The van der Waals surface area contributed by atoms with Crippen LogP contribution in [0.2, 0.25) is 0 Å². The zero-order chi connectivity index (χ0) is 22.9. The molecular weight excluding hydrogens is 424 g/mol. The van der Waals surface area contributed by atoms with Gasteiger partial charge in [-0.2, -0.15) is 0 Å². The summed E-state index contributed by atoms with van der Waals surface area (Å²) < 4.78 is 13.0. The number of amides is 2. The van der Waals surface area contributed by atoms with Gasteiger partial charge in [0.05, 0.1) is 13.2 Å². The lowest BCUT2D eigenvalue weighted by atomic mass is 10.1. The molecule has 1 aromatic heterocycles. The SMILES string of the molecule is COc1ccc2cc1OCC(=O)NCc1cc(C(=O)N3CCC(O)C3)cc(c1)-n1ccnc1-2. The lowest BCUT2D eigenvalue weighted by Gasteiger charge is -2.18. The van der Waals surface area contributed by atoms with Crippen LogP contribution in [0.25, 0.3) is 17.1 Å². The Balaban J connectivity index is 1.62. The molecule has 3 aromatic rings. The molecule has 2 aromatic carbocycles. The fraction of sp³-hybridized carbons (Fsp3) is 0.292. The summed E-state index contributed by atoms with van der Waals surface area (Å²) in [6.45, 7) is 0.888. The number of β-amino-alcohol motifs (C(OH)–C–C–N with tert-alkyl or cyclic N) is 1. The molecule has 9 nitrogen and oxygen atoms in total. The van der Waals surface area contributed by atoms with Crippen molar-refractivity contribution in [3.8, 4) is 28.6 Å². The third-order valence-electron chi connectivity index (χ3n) is 5.86. The minimum absolute atomic E-state index is 0.151. The van der Waals surface area contributed by atoms with Crippen molar-refractivity contribution in [1.82, 2.24) is 19.8 Å². The molecule has 33 heavy (non-hydrogen) atoms. The molecule has 2 aliphatic heterocycles. The summed E-state index contributed by atoms with van der Waals surface area (Å²) in [5.74, 6) is 1.17. The van der Waals surface area contributed by atoms with Crippen LogP contribution in [0.1, 0.15) is 22.3 Å². The molecule has 170 valence electrons. The van der Waals surface area contributed by atoms with Crippen LogP contribution in [0.5, 0.6) is 11.5 Å². The number of rotatable bonds is 2. The van der Waals surface area contributed by atoms with Gasteiger partial charge in [-0.25, -0.2) is 4.98 Å². The van der Waals surface area contributed by atoms with Crippen molar-refractivity contribution in [3.05, 3.63) is 59.9 Å². The van der Waals surface area contributed by atoms with E-state index in [-0.39, 0.29) is 25.0 Å². The summed E-state index contributed by atoms with van der Waals surface area (Å²) in [5.41, 5.74) is 2.78. The number of likely N-dealkylation sites (tertiary alicyclic amines) is 1. The van der Waals surface area contributed by atoms with E-state index in [1.54, 1.807) is 36.4 Å². The Labute approximate surface area is 190 Å².